The molecule has 0 aliphatic carbocycles. The minimum absolute atomic E-state index is 0.658. The van der Waals surface area contributed by atoms with E-state index < -0.39 is 0 Å². The Bertz CT molecular complexity index is 1800. The van der Waals surface area contributed by atoms with E-state index in [2.05, 4.69) is 50.4 Å². The molecule has 1 N–H and O–H groups in total. The zero-order valence-electron chi connectivity index (χ0n) is 21.9. The Kier molecular flexibility index (Phi) is 5.87. The molecule has 0 radical (unpaired) electrons. The lowest BCUT2D eigenvalue weighted by molar-refractivity contribution is 0.0342. The lowest BCUT2D eigenvalue weighted by Crippen LogP contribution is -2.35. The lowest BCUT2D eigenvalue weighted by Gasteiger charge is -2.26. The monoisotopic (exact) mass is 516 g/mol. The van der Waals surface area contributed by atoms with Crippen LogP contribution < -0.4 is 0 Å². The molecule has 7 rings (SSSR count). The van der Waals surface area contributed by atoms with E-state index in [0.717, 1.165) is 89.0 Å². The zero-order valence-corrected chi connectivity index (χ0v) is 21.9. The SMILES string of the molecule is Cc1cc(-c2ccc3c(-c4cnc5cc(-c6ccc(CN7CCOCC7)cc6)c(C)nn45)ccnc3n2)n[nH]1. The number of morpholine rings is 1. The van der Waals surface area contributed by atoms with Crippen LogP contribution in [0.15, 0.2) is 67.0 Å². The fourth-order valence-corrected chi connectivity index (χ4v) is 5.23. The number of fused-ring (bicyclic) bond motifs is 2. The van der Waals surface area contributed by atoms with Crippen molar-refractivity contribution in [3.63, 3.8) is 0 Å². The van der Waals surface area contributed by atoms with Crippen LogP contribution in [0.4, 0.5) is 0 Å². The Labute approximate surface area is 225 Å². The van der Waals surface area contributed by atoms with Crippen molar-refractivity contribution in [3.05, 3.63) is 83.9 Å². The van der Waals surface area contributed by atoms with Crippen LogP contribution >= 0.6 is 0 Å². The second-order valence-electron chi connectivity index (χ2n) is 10.0. The largest absolute Gasteiger partial charge is 0.379 e. The Hall–Kier alpha value is -4.47. The van der Waals surface area contributed by atoms with Gasteiger partial charge in [0.15, 0.2) is 11.3 Å². The molecule has 0 amide bonds. The van der Waals surface area contributed by atoms with Crippen LogP contribution in [0.5, 0.6) is 0 Å². The van der Waals surface area contributed by atoms with Gasteiger partial charge in [-0.05, 0) is 55.3 Å². The van der Waals surface area contributed by atoms with Crippen molar-refractivity contribution in [2.45, 2.75) is 20.4 Å². The van der Waals surface area contributed by atoms with E-state index in [0.29, 0.717) is 5.65 Å². The summed E-state index contributed by atoms with van der Waals surface area (Å²) in [6, 6.07) is 18.9. The number of aryl methyl sites for hydroxylation is 2. The smallest absolute Gasteiger partial charge is 0.160 e. The summed E-state index contributed by atoms with van der Waals surface area (Å²) in [6.07, 6.45) is 3.65. The van der Waals surface area contributed by atoms with Crippen molar-refractivity contribution in [3.8, 4) is 33.8 Å². The highest BCUT2D eigenvalue weighted by Gasteiger charge is 2.16. The second-order valence-corrected chi connectivity index (χ2v) is 10.0. The van der Waals surface area contributed by atoms with Crippen molar-refractivity contribution < 1.29 is 4.74 Å². The van der Waals surface area contributed by atoms with Gasteiger partial charge in [-0.25, -0.2) is 19.5 Å². The molecule has 6 heterocycles. The average Bonchev–Trinajstić information content (AvgIpc) is 3.59. The maximum atomic E-state index is 5.47. The summed E-state index contributed by atoms with van der Waals surface area (Å²) in [5.41, 5.74) is 10.4. The first-order chi connectivity index (χ1) is 19.1. The van der Waals surface area contributed by atoms with Gasteiger partial charge in [-0.3, -0.25) is 10.00 Å². The van der Waals surface area contributed by atoms with Crippen LogP contribution in [-0.4, -0.2) is 66.0 Å². The number of benzene rings is 1. The maximum absolute atomic E-state index is 5.47. The third-order valence-electron chi connectivity index (χ3n) is 7.30. The highest BCUT2D eigenvalue weighted by molar-refractivity contribution is 5.93. The fraction of sp³-hybridized carbons (Fsp3) is 0.233. The second kappa shape index (κ2) is 9.68. The van der Waals surface area contributed by atoms with Crippen molar-refractivity contribution in [1.29, 1.82) is 0 Å². The van der Waals surface area contributed by atoms with Crippen LogP contribution in [0.25, 0.3) is 50.5 Å². The molecule has 0 atom stereocenters. The Balaban J connectivity index is 1.21. The van der Waals surface area contributed by atoms with E-state index in [9.17, 15) is 0 Å². The Morgan fingerprint density at radius 1 is 0.897 bits per heavy atom. The standard InChI is InChI=1S/C30H28N8O/c1-19-15-27(35-34-19)26-8-7-24-23(9-10-31-30(24)33-26)28-17-32-29-16-25(20(2)36-38(28)29)22-5-3-21(4-6-22)18-37-11-13-39-14-12-37/h3-10,15-17H,11-14,18H2,1-2H3,(H,34,35). The summed E-state index contributed by atoms with van der Waals surface area (Å²) >= 11 is 0. The number of aromatic nitrogens is 7. The van der Waals surface area contributed by atoms with Crippen molar-refractivity contribution >= 4 is 16.7 Å². The number of ether oxygens (including phenoxy) is 1. The molecular formula is C30H28N8O. The summed E-state index contributed by atoms with van der Waals surface area (Å²) in [7, 11) is 0. The molecule has 9 nitrogen and oxygen atoms in total. The number of pyridine rings is 2. The van der Waals surface area contributed by atoms with Gasteiger partial charge in [0.2, 0.25) is 0 Å². The number of hydrogen-bond donors (Lipinski definition) is 1. The summed E-state index contributed by atoms with van der Waals surface area (Å²) in [5.74, 6) is 0. The summed E-state index contributed by atoms with van der Waals surface area (Å²) < 4.78 is 7.38. The van der Waals surface area contributed by atoms with Gasteiger partial charge < -0.3 is 4.74 Å². The molecule has 9 heteroatoms. The van der Waals surface area contributed by atoms with Crippen LogP contribution in [0, 0.1) is 13.8 Å². The maximum Gasteiger partial charge on any atom is 0.160 e. The van der Waals surface area contributed by atoms with E-state index in [1.54, 1.807) is 6.20 Å². The van der Waals surface area contributed by atoms with Gasteiger partial charge in [-0.2, -0.15) is 10.2 Å². The Morgan fingerprint density at radius 2 is 1.74 bits per heavy atom. The molecule has 1 fully saturated rings. The van der Waals surface area contributed by atoms with Gasteiger partial charge in [-0.15, -0.1) is 0 Å². The van der Waals surface area contributed by atoms with Crippen LogP contribution in [0.3, 0.4) is 0 Å². The topological polar surface area (TPSA) is 97.1 Å². The first-order valence-electron chi connectivity index (χ1n) is 13.2. The molecule has 39 heavy (non-hydrogen) atoms. The number of rotatable bonds is 5. The first kappa shape index (κ1) is 23.6. The number of H-pyrrole nitrogens is 1. The molecule has 1 aliphatic rings. The third-order valence-corrected chi connectivity index (χ3v) is 7.30. The van der Waals surface area contributed by atoms with Gasteiger partial charge in [0.05, 0.1) is 36.5 Å². The summed E-state index contributed by atoms with van der Waals surface area (Å²) in [4.78, 5) is 16.5. The van der Waals surface area contributed by atoms with E-state index in [1.165, 1.54) is 5.56 Å². The molecule has 0 spiro atoms. The minimum atomic E-state index is 0.658. The van der Waals surface area contributed by atoms with Crippen LogP contribution in [0.1, 0.15) is 17.0 Å². The fourth-order valence-electron chi connectivity index (χ4n) is 5.23. The van der Waals surface area contributed by atoms with E-state index >= 15 is 0 Å². The van der Waals surface area contributed by atoms with Crippen molar-refractivity contribution in [1.82, 2.24) is 39.7 Å². The van der Waals surface area contributed by atoms with Crippen LogP contribution in [0.2, 0.25) is 0 Å². The molecule has 0 unspecified atom stereocenters. The molecule has 1 aromatic carbocycles. The number of nitrogens with one attached hydrogen (secondary N) is 1. The first-order valence-corrected chi connectivity index (χ1v) is 13.2. The van der Waals surface area contributed by atoms with E-state index in [4.69, 9.17) is 19.8 Å². The molecular weight excluding hydrogens is 488 g/mol. The average molecular weight is 517 g/mol. The number of nitrogens with zero attached hydrogens (tertiary/aromatic N) is 7. The Morgan fingerprint density at radius 3 is 2.54 bits per heavy atom. The molecule has 1 aliphatic heterocycles. The molecule has 0 saturated carbocycles. The van der Waals surface area contributed by atoms with E-state index in [-0.39, 0.29) is 0 Å². The van der Waals surface area contributed by atoms with Gasteiger partial charge in [-0.1, -0.05) is 24.3 Å². The normalized spacial score (nSPS) is 14.4. The van der Waals surface area contributed by atoms with Crippen molar-refractivity contribution in [2.24, 2.45) is 0 Å². The van der Waals surface area contributed by atoms with E-state index in [1.807, 2.05) is 48.8 Å². The van der Waals surface area contributed by atoms with Gasteiger partial charge in [0.1, 0.15) is 5.69 Å². The number of hydrogen-bond acceptors (Lipinski definition) is 7. The zero-order chi connectivity index (χ0) is 26.3. The number of aromatic amines is 1. The molecule has 194 valence electrons. The van der Waals surface area contributed by atoms with Gasteiger partial charge >= 0.3 is 0 Å². The quantitative estimate of drug-likeness (QED) is 0.350. The molecule has 0 bridgehead atoms. The highest BCUT2D eigenvalue weighted by atomic mass is 16.5. The minimum Gasteiger partial charge on any atom is -0.379 e. The predicted molar refractivity (Wildman–Crippen MR) is 150 cm³/mol. The summed E-state index contributed by atoms with van der Waals surface area (Å²) in [6.45, 7) is 8.56. The third kappa shape index (κ3) is 4.45. The predicted octanol–water partition coefficient (Wildman–Crippen LogP) is 4.85. The lowest BCUT2D eigenvalue weighted by atomic mass is 10.0. The molecule has 1 saturated heterocycles. The number of imidazole rings is 1. The van der Waals surface area contributed by atoms with Crippen LogP contribution in [-0.2, 0) is 11.3 Å². The van der Waals surface area contributed by atoms with Gasteiger partial charge in [0.25, 0.3) is 0 Å². The van der Waals surface area contributed by atoms with Crippen molar-refractivity contribution in [2.75, 3.05) is 26.3 Å². The summed E-state index contributed by atoms with van der Waals surface area (Å²) in [5, 5.41) is 13.2. The molecule has 6 aromatic rings. The van der Waals surface area contributed by atoms with Gasteiger partial charge in [0, 0.05) is 48.0 Å². The highest BCUT2D eigenvalue weighted by Crippen LogP contribution is 2.31. The molecule has 5 aromatic heterocycles.